The zero-order valence-electron chi connectivity index (χ0n) is 3.83. The highest BCUT2D eigenvalue weighted by atomic mass is 32.3. The lowest BCUT2D eigenvalue weighted by Gasteiger charge is -1.80. The third-order valence-corrected chi connectivity index (χ3v) is 0.374. The monoisotopic (exact) mass is 155 g/mol. The highest BCUT2D eigenvalue weighted by Gasteiger charge is 2.01. The van der Waals surface area contributed by atoms with Crippen LogP contribution >= 0.6 is 0 Å². The highest BCUT2D eigenvalue weighted by molar-refractivity contribution is 7.80. The molecule has 0 rings (SSSR count). The fourth-order valence-electron chi connectivity index (χ4n) is 0.0385. The molecule has 0 heterocycles. The zero-order valence-corrected chi connectivity index (χ0v) is 4.65. The van der Waals surface area contributed by atoms with E-state index in [-0.39, 0.29) is 0 Å². The summed E-state index contributed by atoms with van der Waals surface area (Å²) in [6, 6.07) is 0. The van der Waals surface area contributed by atoms with Crippen LogP contribution in [0.25, 0.3) is 0 Å². The normalized spacial score (nSPS) is 8.33. The van der Waals surface area contributed by atoms with E-state index in [1.54, 1.807) is 0 Å². The minimum absolute atomic E-state index is 1.42. The molecule has 0 saturated heterocycles. The molecule has 9 heavy (non-hydrogen) atoms. The maximum Gasteiger partial charge on any atom is 0.468 e. The van der Waals surface area contributed by atoms with E-state index >= 15 is 0 Å². The molecular weight excluding hydrogens is 154 g/mol. The van der Waals surface area contributed by atoms with Crippen LogP contribution in [0, 0.1) is 15.7 Å². The smallest absolute Gasteiger partial charge is 0.253 e. The van der Waals surface area contributed by atoms with Crippen LogP contribution < -0.4 is 0 Å². The highest BCUT2D eigenvalue weighted by Crippen LogP contribution is 1.82. The summed E-state index contributed by atoms with van der Waals surface area (Å²) in [4.78, 5) is 8.81. The second-order valence-electron chi connectivity index (χ2n) is 0.577. The third kappa shape index (κ3) is 20.2. The molecule has 0 aliphatic heterocycles. The first-order valence-corrected chi connectivity index (χ1v) is 2.61. The summed E-state index contributed by atoms with van der Waals surface area (Å²) in [7, 11) is -4.65. The molecule has 0 aromatic heterocycles. The van der Waals surface area contributed by atoms with Crippen molar-refractivity contribution in [1.82, 2.24) is 0 Å². The van der Waals surface area contributed by atoms with Crippen molar-refractivity contribution >= 4 is 10.4 Å². The maximum atomic E-state index is 9.27. The Morgan fingerprint density at radius 3 is 1.78 bits per heavy atom. The molecule has 1 N–H and O–H groups in total. The van der Waals surface area contributed by atoms with Gasteiger partial charge in [-0.15, -0.1) is 4.91 Å². The number of hydrogen-bond donors (Lipinski definition) is 1. The number of nitrogens with zero attached hydrogens (tertiary/aromatic N) is 3. The molecule has 0 aromatic carbocycles. The van der Waals surface area contributed by atoms with E-state index in [9.17, 15) is 8.42 Å². The molecule has 0 aliphatic carbocycles. The van der Waals surface area contributed by atoms with Crippen LogP contribution in [0.3, 0.4) is 0 Å². The summed E-state index contributed by atoms with van der Waals surface area (Å²) in [5.74, 6) is 0. The average molecular weight is 155 g/mol. The molecule has 0 radical (unpaired) electrons. The lowest BCUT2D eigenvalue weighted by Crippen LogP contribution is -1.95. The molecule has 0 saturated carbocycles. The first-order chi connectivity index (χ1) is 4.06. The van der Waals surface area contributed by atoms with Crippen molar-refractivity contribution in [3.63, 3.8) is 0 Å². The van der Waals surface area contributed by atoms with E-state index in [0.29, 0.717) is 0 Å². The van der Waals surface area contributed by atoms with Crippen molar-refractivity contribution in [2.24, 2.45) is 5.34 Å². The minimum atomic E-state index is -4.65. The topological polar surface area (TPSA) is 141 Å². The molecule has 8 nitrogen and oxygen atoms in total. The summed E-state index contributed by atoms with van der Waals surface area (Å²) in [5.41, 5.74) is 0. The van der Waals surface area contributed by atoms with Gasteiger partial charge in [0.05, 0.1) is 0 Å². The van der Waals surface area contributed by atoms with Crippen LogP contribution in [0.2, 0.25) is 0 Å². The predicted molar refractivity (Wildman–Crippen MR) is 21.9 cm³/mol. The largest absolute Gasteiger partial charge is 0.468 e. The van der Waals surface area contributed by atoms with Gasteiger partial charge < -0.3 is 0 Å². The average Bonchev–Trinajstić information content (AvgIpc) is 1.69. The summed E-state index contributed by atoms with van der Waals surface area (Å²) in [5, 5.41) is 13.4. The van der Waals surface area contributed by atoms with Gasteiger partial charge in [-0.2, -0.15) is 8.42 Å². The van der Waals surface area contributed by atoms with Gasteiger partial charge in [-0.05, 0) is 0 Å². The lowest BCUT2D eigenvalue weighted by molar-refractivity contribution is 0.278. The molecule has 0 spiro atoms. The van der Waals surface area contributed by atoms with Gasteiger partial charge in [0.15, 0.2) is 5.34 Å². The SMILES string of the molecule is N#N.O=NOS(=O)(=O)O. The Bertz CT molecular complexity index is 176. The molecule has 0 amide bonds. The molecule has 0 atom stereocenters. The minimum Gasteiger partial charge on any atom is -0.253 e. The van der Waals surface area contributed by atoms with Gasteiger partial charge >= 0.3 is 10.4 Å². The first kappa shape index (κ1) is 10.7. The van der Waals surface area contributed by atoms with Crippen LogP contribution in [0.15, 0.2) is 5.34 Å². The Morgan fingerprint density at radius 2 is 1.78 bits per heavy atom. The number of rotatable bonds is 2. The van der Waals surface area contributed by atoms with Crippen molar-refractivity contribution in [2.75, 3.05) is 0 Å². The van der Waals surface area contributed by atoms with E-state index < -0.39 is 10.4 Å². The van der Waals surface area contributed by atoms with E-state index in [1.165, 1.54) is 5.34 Å². The van der Waals surface area contributed by atoms with E-state index in [1.807, 2.05) is 0 Å². The fourth-order valence-corrected chi connectivity index (χ4v) is 0.115. The zero-order chi connectivity index (χ0) is 7.91. The second kappa shape index (κ2) is 4.88. The van der Waals surface area contributed by atoms with Crippen molar-refractivity contribution in [2.45, 2.75) is 0 Å². The van der Waals surface area contributed by atoms with Crippen LogP contribution in [0.4, 0.5) is 0 Å². The molecule has 0 fully saturated rings. The van der Waals surface area contributed by atoms with Crippen molar-refractivity contribution in [3.8, 4) is 0 Å². The first-order valence-electron chi connectivity index (χ1n) is 1.25. The van der Waals surface area contributed by atoms with Gasteiger partial charge in [0.2, 0.25) is 0 Å². The van der Waals surface area contributed by atoms with Gasteiger partial charge in [-0.3, -0.25) is 4.55 Å². The Morgan fingerprint density at radius 1 is 1.44 bits per heavy atom. The molecule has 0 aliphatic rings. The summed E-state index contributed by atoms with van der Waals surface area (Å²) in [6.45, 7) is 0. The van der Waals surface area contributed by atoms with Crippen molar-refractivity contribution in [3.05, 3.63) is 4.91 Å². The van der Waals surface area contributed by atoms with Crippen molar-refractivity contribution < 1.29 is 17.3 Å². The molecular formula is HN3O5S. The Kier molecular flexibility index (Phi) is 5.78. The molecule has 0 unspecified atom stereocenters. The van der Waals surface area contributed by atoms with Crippen LogP contribution in [0.1, 0.15) is 0 Å². The van der Waals surface area contributed by atoms with Gasteiger partial charge in [-0.1, -0.05) is 0 Å². The molecule has 9 heteroatoms. The third-order valence-electron chi connectivity index (χ3n) is 0.125. The summed E-state index contributed by atoms with van der Waals surface area (Å²) in [6.07, 6.45) is 0. The van der Waals surface area contributed by atoms with Gasteiger partial charge in [0.1, 0.15) is 0 Å². The second-order valence-corrected chi connectivity index (χ2v) is 1.58. The predicted octanol–water partition coefficient (Wildman–Crippen LogP) is -0.483. The maximum absolute atomic E-state index is 9.27. The van der Waals surface area contributed by atoms with E-state index in [4.69, 9.17) is 20.2 Å². The summed E-state index contributed by atoms with van der Waals surface area (Å²) < 4.78 is 28.8. The fraction of sp³-hybridized carbons (Fsp3) is 0. The Labute approximate surface area is 49.7 Å². The number of hydrogen-bond acceptors (Lipinski definition) is 7. The Hall–Kier alpha value is -1.27. The van der Waals surface area contributed by atoms with Gasteiger partial charge in [0, 0.05) is 10.8 Å². The van der Waals surface area contributed by atoms with E-state index in [2.05, 4.69) is 4.28 Å². The van der Waals surface area contributed by atoms with Crippen LogP contribution in [0.5, 0.6) is 0 Å². The van der Waals surface area contributed by atoms with E-state index in [0.717, 1.165) is 0 Å². The van der Waals surface area contributed by atoms with Gasteiger partial charge in [-0.25, -0.2) is 4.28 Å². The van der Waals surface area contributed by atoms with Crippen LogP contribution in [-0.4, -0.2) is 13.0 Å². The van der Waals surface area contributed by atoms with Gasteiger partial charge in [0.25, 0.3) is 0 Å². The lowest BCUT2D eigenvalue weighted by atomic mass is 13.4. The summed E-state index contributed by atoms with van der Waals surface area (Å²) >= 11 is 0. The van der Waals surface area contributed by atoms with Crippen LogP contribution in [-0.2, 0) is 14.7 Å². The molecule has 52 valence electrons. The Balaban J connectivity index is 0. The molecule has 0 aromatic rings. The van der Waals surface area contributed by atoms with Crippen molar-refractivity contribution in [1.29, 1.82) is 10.8 Å². The molecule has 0 bridgehead atoms. The quantitative estimate of drug-likeness (QED) is 0.245. The standard InChI is InChI=1S/N2.HNO5S/c1-2;2-1-6-7(3,4)5/h;(H,3,4,5).